The van der Waals surface area contributed by atoms with Crippen molar-refractivity contribution in [2.24, 2.45) is 5.92 Å². The second kappa shape index (κ2) is 14.8. The monoisotopic (exact) mass is 633 g/mol. The van der Waals surface area contributed by atoms with E-state index in [4.69, 9.17) is 27.9 Å². The second-order valence-corrected chi connectivity index (χ2v) is 13.0. The van der Waals surface area contributed by atoms with Crippen molar-refractivity contribution in [2.45, 2.75) is 51.6 Å². The first-order valence-electron chi connectivity index (χ1n) is 13.6. The molecule has 0 heterocycles. The van der Waals surface area contributed by atoms with Gasteiger partial charge in [0.2, 0.25) is 11.8 Å². The van der Waals surface area contributed by atoms with Crippen LogP contribution in [0.15, 0.2) is 71.6 Å². The maximum atomic E-state index is 14.2. The molecular formula is C31H37Cl2N3O5S. The predicted molar refractivity (Wildman–Crippen MR) is 168 cm³/mol. The number of halogens is 2. The first-order valence-corrected chi connectivity index (χ1v) is 15.8. The fourth-order valence-electron chi connectivity index (χ4n) is 4.31. The number of carbonyl (C=O) groups excluding carboxylic acids is 2. The maximum Gasteiger partial charge on any atom is 0.264 e. The molecule has 0 unspecified atom stereocenters. The van der Waals surface area contributed by atoms with Crippen LogP contribution < -0.4 is 14.4 Å². The smallest absolute Gasteiger partial charge is 0.264 e. The fraction of sp³-hybridized carbons (Fsp3) is 0.355. The van der Waals surface area contributed by atoms with Gasteiger partial charge in [0, 0.05) is 19.2 Å². The standard InChI is InChI=1S/C31H37Cl2N3O5S/c1-6-29(31(38)34-18-21(2)3)35(19-23-12-15-27(32)28(33)16-23)30(37)20-36(24-8-7-9-25(17-24)41-5)42(39,40)26-13-10-22(4)11-14-26/h7-17,21,29H,6,18-20H2,1-5H3,(H,34,38)/t29-/m0/s1. The normalized spacial score (nSPS) is 12.1. The molecule has 42 heavy (non-hydrogen) atoms. The van der Waals surface area contributed by atoms with Crippen molar-refractivity contribution in [3.63, 3.8) is 0 Å². The molecule has 11 heteroatoms. The Balaban J connectivity index is 2.08. The van der Waals surface area contributed by atoms with E-state index < -0.39 is 28.5 Å². The van der Waals surface area contributed by atoms with Crippen LogP contribution in [0.25, 0.3) is 0 Å². The first kappa shape index (κ1) is 33.2. The number of carbonyl (C=O) groups is 2. The van der Waals surface area contributed by atoms with E-state index >= 15 is 0 Å². The molecule has 0 aliphatic carbocycles. The maximum absolute atomic E-state index is 14.2. The summed E-state index contributed by atoms with van der Waals surface area (Å²) in [5.74, 6) is -0.259. The van der Waals surface area contributed by atoms with E-state index in [-0.39, 0.29) is 29.0 Å². The molecule has 3 aromatic rings. The number of aryl methyl sites for hydroxylation is 1. The molecule has 3 rings (SSSR count). The van der Waals surface area contributed by atoms with E-state index in [2.05, 4.69) is 5.32 Å². The van der Waals surface area contributed by atoms with Gasteiger partial charge in [-0.2, -0.15) is 0 Å². The zero-order valence-corrected chi connectivity index (χ0v) is 26.8. The molecule has 0 aliphatic rings. The average Bonchev–Trinajstić information content (AvgIpc) is 2.96. The minimum atomic E-state index is -4.19. The predicted octanol–water partition coefficient (Wildman–Crippen LogP) is 6.09. The van der Waals surface area contributed by atoms with Crippen molar-refractivity contribution in [1.29, 1.82) is 0 Å². The minimum Gasteiger partial charge on any atom is -0.497 e. The van der Waals surface area contributed by atoms with Gasteiger partial charge >= 0.3 is 0 Å². The van der Waals surface area contributed by atoms with Gasteiger partial charge in [0.15, 0.2) is 0 Å². The van der Waals surface area contributed by atoms with Crippen LogP contribution in [0.5, 0.6) is 5.75 Å². The largest absolute Gasteiger partial charge is 0.497 e. The topological polar surface area (TPSA) is 96.0 Å². The van der Waals surface area contributed by atoms with Gasteiger partial charge < -0.3 is 15.0 Å². The van der Waals surface area contributed by atoms with E-state index in [9.17, 15) is 18.0 Å². The summed E-state index contributed by atoms with van der Waals surface area (Å²) in [5, 5.41) is 3.57. The molecule has 8 nitrogen and oxygen atoms in total. The molecule has 1 atom stereocenters. The van der Waals surface area contributed by atoms with Gasteiger partial charge in [-0.25, -0.2) is 8.42 Å². The van der Waals surface area contributed by atoms with Crippen LogP contribution in [-0.4, -0.2) is 51.4 Å². The van der Waals surface area contributed by atoms with Gasteiger partial charge in [-0.3, -0.25) is 13.9 Å². The number of anilines is 1. The Morgan fingerprint density at radius 1 is 0.976 bits per heavy atom. The number of hydrogen-bond acceptors (Lipinski definition) is 5. The van der Waals surface area contributed by atoms with Gasteiger partial charge in [-0.05, 0) is 61.2 Å². The van der Waals surface area contributed by atoms with Crippen molar-refractivity contribution in [1.82, 2.24) is 10.2 Å². The molecule has 0 spiro atoms. The molecule has 0 aliphatic heterocycles. The van der Waals surface area contributed by atoms with Gasteiger partial charge in [-0.1, -0.05) is 73.8 Å². The Kier molecular flexibility index (Phi) is 11.7. The van der Waals surface area contributed by atoms with Gasteiger partial charge in [-0.15, -0.1) is 0 Å². The number of nitrogens with zero attached hydrogens (tertiary/aromatic N) is 2. The summed E-state index contributed by atoms with van der Waals surface area (Å²) in [7, 11) is -2.72. The molecule has 1 N–H and O–H groups in total. The number of benzene rings is 3. The van der Waals surface area contributed by atoms with Gasteiger partial charge in [0.05, 0.1) is 27.7 Å². The van der Waals surface area contributed by atoms with Gasteiger partial charge in [0.25, 0.3) is 10.0 Å². The van der Waals surface area contributed by atoms with Crippen molar-refractivity contribution >= 4 is 50.7 Å². The molecule has 2 amide bonds. The Hall–Kier alpha value is -3.27. The zero-order valence-electron chi connectivity index (χ0n) is 24.4. The van der Waals surface area contributed by atoms with E-state index in [1.54, 1.807) is 61.5 Å². The lowest BCUT2D eigenvalue weighted by molar-refractivity contribution is -0.140. The van der Waals surface area contributed by atoms with Crippen LogP contribution in [0.1, 0.15) is 38.3 Å². The Morgan fingerprint density at radius 2 is 1.67 bits per heavy atom. The quantitative estimate of drug-likeness (QED) is 0.246. The Morgan fingerprint density at radius 3 is 2.26 bits per heavy atom. The Labute approximate surface area is 258 Å². The number of methoxy groups -OCH3 is 1. The van der Waals surface area contributed by atoms with Crippen molar-refractivity contribution < 1.29 is 22.7 Å². The summed E-state index contributed by atoms with van der Waals surface area (Å²) in [6.07, 6.45) is 0.306. The lowest BCUT2D eigenvalue weighted by Crippen LogP contribution is -2.52. The van der Waals surface area contributed by atoms with Crippen LogP contribution in [0.2, 0.25) is 10.0 Å². The zero-order chi connectivity index (χ0) is 31.0. The molecule has 3 aromatic carbocycles. The highest BCUT2D eigenvalue weighted by Crippen LogP contribution is 2.29. The number of ether oxygens (including phenoxy) is 1. The second-order valence-electron chi connectivity index (χ2n) is 10.4. The van der Waals surface area contributed by atoms with Gasteiger partial charge in [0.1, 0.15) is 18.3 Å². The van der Waals surface area contributed by atoms with Crippen molar-refractivity contribution in [3.05, 3.63) is 87.9 Å². The number of amides is 2. The molecule has 0 saturated heterocycles. The highest BCUT2D eigenvalue weighted by Gasteiger charge is 2.34. The van der Waals surface area contributed by atoms with Crippen LogP contribution in [0, 0.1) is 12.8 Å². The summed E-state index contributed by atoms with van der Waals surface area (Å²) in [6.45, 7) is 7.50. The number of hydrogen-bond donors (Lipinski definition) is 1. The SMILES string of the molecule is CC[C@@H](C(=O)NCC(C)C)N(Cc1ccc(Cl)c(Cl)c1)C(=O)CN(c1cccc(OC)c1)S(=O)(=O)c1ccc(C)cc1. The van der Waals surface area contributed by atoms with Crippen molar-refractivity contribution in [2.75, 3.05) is 24.5 Å². The fourth-order valence-corrected chi connectivity index (χ4v) is 6.04. The lowest BCUT2D eigenvalue weighted by atomic mass is 10.1. The molecule has 0 fully saturated rings. The Bertz CT molecular complexity index is 1500. The van der Waals surface area contributed by atoms with Crippen molar-refractivity contribution in [3.8, 4) is 5.75 Å². The van der Waals surface area contributed by atoms with E-state index in [1.807, 2.05) is 20.8 Å². The molecule has 226 valence electrons. The van der Waals surface area contributed by atoms with Crippen LogP contribution >= 0.6 is 23.2 Å². The summed E-state index contributed by atoms with van der Waals surface area (Å²) >= 11 is 12.4. The molecular weight excluding hydrogens is 597 g/mol. The third-order valence-electron chi connectivity index (χ3n) is 6.64. The third kappa shape index (κ3) is 8.40. The van der Waals surface area contributed by atoms with E-state index in [0.29, 0.717) is 34.3 Å². The molecule has 0 aromatic heterocycles. The number of rotatable bonds is 13. The van der Waals surface area contributed by atoms with Crippen LogP contribution in [0.4, 0.5) is 5.69 Å². The number of sulfonamides is 1. The van der Waals surface area contributed by atoms with Crippen LogP contribution in [-0.2, 0) is 26.2 Å². The average molecular weight is 635 g/mol. The van der Waals surface area contributed by atoms with Crippen LogP contribution in [0.3, 0.4) is 0 Å². The minimum absolute atomic E-state index is 0.0137. The molecule has 0 bridgehead atoms. The molecule has 0 radical (unpaired) electrons. The highest BCUT2D eigenvalue weighted by atomic mass is 35.5. The summed E-state index contributed by atoms with van der Waals surface area (Å²) in [4.78, 5) is 28.9. The third-order valence-corrected chi connectivity index (χ3v) is 9.16. The van der Waals surface area contributed by atoms with E-state index in [1.165, 1.54) is 24.1 Å². The summed E-state index contributed by atoms with van der Waals surface area (Å²) in [6, 6.07) is 17.0. The highest BCUT2D eigenvalue weighted by molar-refractivity contribution is 7.92. The molecule has 0 saturated carbocycles. The summed E-state index contributed by atoms with van der Waals surface area (Å²) in [5.41, 5.74) is 1.78. The summed E-state index contributed by atoms with van der Waals surface area (Å²) < 4.78 is 34.4. The lowest BCUT2D eigenvalue weighted by Gasteiger charge is -2.33. The number of nitrogens with one attached hydrogen (secondary N) is 1. The first-order chi connectivity index (χ1) is 19.9. The van der Waals surface area contributed by atoms with E-state index in [0.717, 1.165) is 9.87 Å².